The Hall–Kier alpha value is -1.54. The van der Waals surface area contributed by atoms with E-state index in [9.17, 15) is 14.3 Å². The molecule has 0 unspecified atom stereocenters. The van der Waals surface area contributed by atoms with Crippen molar-refractivity contribution in [3.8, 4) is 5.75 Å². The maximum atomic E-state index is 14.4. The van der Waals surface area contributed by atoms with Crippen molar-refractivity contribution in [3.05, 3.63) is 33.6 Å². The minimum atomic E-state index is -0.888. The summed E-state index contributed by atoms with van der Waals surface area (Å²) in [6, 6.07) is 2.75. The lowest BCUT2D eigenvalue weighted by molar-refractivity contribution is -0.137. The number of esters is 1. The monoisotopic (exact) mass is 391 g/mol. The summed E-state index contributed by atoms with van der Waals surface area (Å²) in [7, 11) is 1.28. The van der Waals surface area contributed by atoms with E-state index in [2.05, 4.69) is 15.9 Å². The lowest BCUT2D eigenvalue weighted by Gasteiger charge is -2.13. The first-order valence-corrected chi connectivity index (χ1v) is 8.16. The summed E-state index contributed by atoms with van der Waals surface area (Å²) in [5.41, 5.74) is -0.639. The van der Waals surface area contributed by atoms with E-state index in [0.29, 0.717) is 4.47 Å². The molecule has 0 spiro atoms. The third kappa shape index (κ3) is 3.80. The molecule has 1 rings (SSSR count). The van der Waals surface area contributed by atoms with Crippen molar-refractivity contribution in [2.75, 3.05) is 20.0 Å². The summed E-state index contributed by atoms with van der Waals surface area (Å²) in [5.74, 6) is -2.50. The minimum Gasteiger partial charge on any atom is -0.506 e. The molecule has 0 atom stereocenters. The largest absolute Gasteiger partial charge is 0.506 e. The van der Waals surface area contributed by atoms with E-state index in [0.717, 1.165) is 11.8 Å². The molecule has 0 radical (unpaired) electrons. The zero-order chi connectivity index (χ0) is 16.9. The number of ether oxygens (including phenoxy) is 2. The molecular formula is C14H15BrFNO4S. The Morgan fingerprint density at radius 1 is 1.50 bits per heavy atom. The number of rotatable bonds is 5. The molecule has 0 aliphatic heterocycles. The second-order valence-corrected chi connectivity index (χ2v) is 5.59. The van der Waals surface area contributed by atoms with Gasteiger partial charge in [0.05, 0.1) is 23.8 Å². The van der Waals surface area contributed by atoms with Gasteiger partial charge in [-0.1, -0.05) is 0 Å². The summed E-state index contributed by atoms with van der Waals surface area (Å²) >= 11 is 4.05. The summed E-state index contributed by atoms with van der Waals surface area (Å²) in [6.45, 7) is 1.67. The number of hydrogen-bond acceptors (Lipinski definition) is 6. The molecule has 0 saturated carbocycles. The highest BCUT2D eigenvalue weighted by Gasteiger charge is 2.25. The van der Waals surface area contributed by atoms with Crippen LogP contribution in [-0.2, 0) is 9.53 Å². The molecule has 2 N–H and O–H groups in total. The highest BCUT2D eigenvalue weighted by atomic mass is 79.9. The van der Waals surface area contributed by atoms with Crippen LogP contribution in [-0.4, -0.2) is 36.1 Å². The van der Waals surface area contributed by atoms with Gasteiger partial charge in [-0.05, 0) is 41.2 Å². The third-order valence-electron chi connectivity index (χ3n) is 2.66. The van der Waals surface area contributed by atoms with Crippen molar-refractivity contribution < 1.29 is 23.8 Å². The van der Waals surface area contributed by atoms with Gasteiger partial charge in [0.2, 0.25) is 0 Å². The highest BCUT2D eigenvalue weighted by Crippen LogP contribution is 2.34. The van der Waals surface area contributed by atoms with E-state index in [4.69, 9.17) is 14.9 Å². The smallest absolute Gasteiger partial charge is 0.344 e. The quantitative estimate of drug-likeness (QED) is 0.262. The van der Waals surface area contributed by atoms with Crippen molar-refractivity contribution in [2.24, 2.45) is 0 Å². The zero-order valence-electron chi connectivity index (χ0n) is 12.2. The molecule has 0 aliphatic carbocycles. The van der Waals surface area contributed by atoms with Crippen LogP contribution in [0.3, 0.4) is 0 Å². The van der Waals surface area contributed by atoms with Gasteiger partial charge in [-0.15, -0.1) is 11.8 Å². The fourth-order valence-electron chi connectivity index (χ4n) is 1.64. The van der Waals surface area contributed by atoms with Crippen LogP contribution in [0.1, 0.15) is 12.5 Å². The van der Waals surface area contributed by atoms with Gasteiger partial charge >= 0.3 is 5.97 Å². The Morgan fingerprint density at radius 2 is 2.14 bits per heavy atom. The topological polar surface area (TPSA) is 79.6 Å². The molecule has 0 saturated heterocycles. The first-order chi connectivity index (χ1) is 10.4. The van der Waals surface area contributed by atoms with Gasteiger partial charge in [-0.2, -0.15) is 0 Å². The maximum absolute atomic E-state index is 14.4. The molecule has 0 fully saturated rings. The number of aliphatic hydroxyl groups excluding tert-OH is 1. The molecule has 22 heavy (non-hydrogen) atoms. The van der Waals surface area contributed by atoms with Crippen molar-refractivity contribution in [2.45, 2.75) is 6.92 Å². The predicted molar refractivity (Wildman–Crippen MR) is 88.1 cm³/mol. The van der Waals surface area contributed by atoms with E-state index in [1.54, 1.807) is 13.2 Å². The van der Waals surface area contributed by atoms with Crippen molar-refractivity contribution in [3.63, 3.8) is 0 Å². The summed E-state index contributed by atoms with van der Waals surface area (Å²) in [5, 5.41) is 17.8. The molecule has 0 aliphatic rings. The lowest BCUT2D eigenvalue weighted by atomic mass is 10.1. The average Bonchev–Trinajstić information content (AvgIpc) is 2.47. The number of thioether (sulfide) groups is 1. The van der Waals surface area contributed by atoms with E-state index < -0.39 is 23.1 Å². The van der Waals surface area contributed by atoms with Crippen LogP contribution in [0.25, 0.3) is 5.76 Å². The summed E-state index contributed by atoms with van der Waals surface area (Å²) in [6.07, 6.45) is 1.56. The van der Waals surface area contributed by atoms with Crippen LogP contribution in [0.2, 0.25) is 0 Å². The SMILES string of the molecule is CCOC(=O)/C(C(=N)SC)=C(\O)c1ccc(Br)c(OC)c1F. The Labute approximate surface area is 140 Å². The molecule has 1 aromatic carbocycles. The summed E-state index contributed by atoms with van der Waals surface area (Å²) in [4.78, 5) is 11.9. The average molecular weight is 392 g/mol. The van der Waals surface area contributed by atoms with Gasteiger partial charge < -0.3 is 14.6 Å². The number of nitrogens with one attached hydrogen (secondary N) is 1. The molecule has 0 heterocycles. The Kier molecular flexibility index (Phi) is 6.89. The van der Waals surface area contributed by atoms with E-state index in [1.165, 1.54) is 19.2 Å². The summed E-state index contributed by atoms with van der Waals surface area (Å²) < 4.78 is 24.5. The van der Waals surface area contributed by atoms with Crippen molar-refractivity contribution in [1.29, 1.82) is 5.41 Å². The second-order valence-electron chi connectivity index (χ2n) is 3.92. The Balaban J connectivity index is 3.54. The first-order valence-electron chi connectivity index (χ1n) is 6.14. The van der Waals surface area contributed by atoms with Crippen LogP contribution in [0.15, 0.2) is 22.2 Å². The van der Waals surface area contributed by atoms with E-state index >= 15 is 0 Å². The first kappa shape index (κ1) is 18.5. The number of benzene rings is 1. The van der Waals surface area contributed by atoms with Gasteiger partial charge in [-0.3, -0.25) is 5.41 Å². The molecule has 1 aromatic rings. The van der Waals surface area contributed by atoms with Gasteiger partial charge in [0, 0.05) is 0 Å². The van der Waals surface area contributed by atoms with Gasteiger partial charge in [0.25, 0.3) is 0 Å². The lowest BCUT2D eigenvalue weighted by Crippen LogP contribution is -2.16. The van der Waals surface area contributed by atoms with Gasteiger partial charge in [0.1, 0.15) is 16.4 Å². The number of halogens is 2. The number of aliphatic hydroxyl groups is 1. The molecule has 5 nitrogen and oxygen atoms in total. The number of carbonyl (C=O) groups excluding carboxylic acids is 1. The van der Waals surface area contributed by atoms with Crippen LogP contribution < -0.4 is 4.74 Å². The molecule has 120 valence electrons. The Bertz CT molecular complexity index is 634. The molecular weight excluding hydrogens is 377 g/mol. The number of hydrogen-bond donors (Lipinski definition) is 2. The minimum absolute atomic E-state index is 0.0728. The molecule has 0 amide bonds. The van der Waals surface area contributed by atoms with E-state index in [1.807, 2.05) is 0 Å². The zero-order valence-corrected chi connectivity index (χ0v) is 14.6. The second kappa shape index (κ2) is 8.19. The molecule has 8 heteroatoms. The fourth-order valence-corrected chi connectivity index (χ4v) is 2.49. The number of methoxy groups -OCH3 is 1. The normalized spacial score (nSPS) is 11.7. The van der Waals surface area contributed by atoms with Crippen LogP contribution in [0.4, 0.5) is 4.39 Å². The Morgan fingerprint density at radius 3 is 2.64 bits per heavy atom. The predicted octanol–water partition coefficient (Wildman–Crippen LogP) is 3.77. The van der Waals surface area contributed by atoms with E-state index in [-0.39, 0.29) is 23.0 Å². The highest BCUT2D eigenvalue weighted by molar-refractivity contribution is 9.10. The van der Waals surface area contributed by atoms with Crippen LogP contribution in [0.5, 0.6) is 5.75 Å². The van der Waals surface area contributed by atoms with Gasteiger partial charge in [-0.25, -0.2) is 9.18 Å². The van der Waals surface area contributed by atoms with Crippen LogP contribution in [0, 0.1) is 11.2 Å². The fraction of sp³-hybridized carbons (Fsp3) is 0.286. The molecule has 0 bridgehead atoms. The van der Waals surface area contributed by atoms with Gasteiger partial charge in [0.15, 0.2) is 11.6 Å². The maximum Gasteiger partial charge on any atom is 0.344 e. The molecule has 0 aromatic heterocycles. The van der Waals surface area contributed by atoms with Crippen molar-refractivity contribution >= 4 is 44.5 Å². The van der Waals surface area contributed by atoms with Crippen LogP contribution >= 0.6 is 27.7 Å². The van der Waals surface area contributed by atoms with Crippen molar-refractivity contribution in [1.82, 2.24) is 0 Å². The standard InChI is InChI=1S/C14H15BrFNO4S/c1-4-21-14(19)9(13(17)22-3)11(18)7-5-6-8(15)12(20-2)10(7)16/h5-6,17-18H,4H2,1-3H3/b11-9-,17-13?. The number of carbonyl (C=O) groups is 1. The third-order valence-corrected chi connectivity index (χ3v) is 3.89.